The summed E-state index contributed by atoms with van der Waals surface area (Å²) in [5, 5.41) is 7.18. The van der Waals surface area contributed by atoms with Crippen LogP contribution in [0.5, 0.6) is 0 Å². The van der Waals surface area contributed by atoms with Crippen LogP contribution in [0.4, 0.5) is 0 Å². The van der Waals surface area contributed by atoms with Gasteiger partial charge in [0.25, 0.3) is 0 Å². The van der Waals surface area contributed by atoms with Crippen LogP contribution >= 0.6 is 22.9 Å². The number of amides is 2. The summed E-state index contributed by atoms with van der Waals surface area (Å²) in [6.07, 6.45) is 1.71. The molecule has 2 atom stereocenters. The largest absolute Gasteiger partial charge is 0.359 e. The van der Waals surface area contributed by atoms with Crippen molar-refractivity contribution in [3.05, 3.63) is 76.3 Å². The van der Waals surface area contributed by atoms with E-state index in [0.29, 0.717) is 36.4 Å². The molecule has 214 valence electrons. The van der Waals surface area contributed by atoms with Crippen molar-refractivity contribution in [3.63, 3.8) is 0 Å². The topological polar surface area (TPSA) is 91.4 Å². The van der Waals surface area contributed by atoms with Gasteiger partial charge in [-0.25, -0.2) is 4.98 Å². The first-order valence-electron chi connectivity index (χ1n) is 13.8. The van der Waals surface area contributed by atoms with E-state index in [4.69, 9.17) is 11.6 Å². The number of carbonyl (C=O) groups excluding carboxylic acids is 3. The van der Waals surface area contributed by atoms with Gasteiger partial charge >= 0.3 is 0 Å². The highest BCUT2D eigenvalue weighted by Gasteiger charge is 2.26. The fourth-order valence-electron chi connectivity index (χ4n) is 4.56. The van der Waals surface area contributed by atoms with Crippen molar-refractivity contribution in [2.75, 3.05) is 26.7 Å². The van der Waals surface area contributed by atoms with E-state index in [1.54, 1.807) is 13.1 Å². The molecule has 0 saturated carbocycles. The van der Waals surface area contributed by atoms with Crippen molar-refractivity contribution in [1.29, 1.82) is 0 Å². The molecular weight excluding hydrogens is 544 g/mol. The molecule has 2 aromatic carbocycles. The highest BCUT2D eigenvalue weighted by molar-refractivity contribution is 7.18. The number of halogens is 1. The molecule has 0 radical (unpaired) electrons. The smallest absolute Gasteiger partial charge is 0.224 e. The van der Waals surface area contributed by atoms with E-state index < -0.39 is 5.92 Å². The van der Waals surface area contributed by atoms with Crippen molar-refractivity contribution >= 4 is 50.8 Å². The minimum Gasteiger partial charge on any atom is -0.359 e. The molecule has 0 bridgehead atoms. The lowest BCUT2D eigenvalue weighted by Gasteiger charge is -2.23. The molecule has 0 aliphatic rings. The van der Waals surface area contributed by atoms with Gasteiger partial charge in [-0.05, 0) is 49.7 Å². The molecule has 0 unspecified atom stereocenters. The van der Waals surface area contributed by atoms with E-state index >= 15 is 0 Å². The Morgan fingerprint density at radius 1 is 1.07 bits per heavy atom. The third-order valence-corrected chi connectivity index (χ3v) is 8.27. The number of aromatic nitrogens is 1. The van der Waals surface area contributed by atoms with Gasteiger partial charge < -0.3 is 10.6 Å². The number of nitrogens with one attached hydrogen (secondary N) is 2. The molecule has 1 heterocycles. The Kier molecular flexibility index (Phi) is 12.3. The number of carbonyl (C=O) groups is 3. The normalized spacial score (nSPS) is 12.7. The van der Waals surface area contributed by atoms with E-state index in [0.717, 1.165) is 33.9 Å². The average molecular weight is 583 g/mol. The second kappa shape index (κ2) is 15.6. The molecule has 9 heteroatoms. The third kappa shape index (κ3) is 9.54. The lowest BCUT2D eigenvalue weighted by atomic mass is 9.95. The summed E-state index contributed by atoms with van der Waals surface area (Å²) in [5.41, 5.74) is 2.46. The van der Waals surface area contributed by atoms with Crippen LogP contribution in [-0.4, -0.2) is 60.2 Å². The molecule has 1 aromatic heterocycles. The van der Waals surface area contributed by atoms with Gasteiger partial charge in [0, 0.05) is 49.5 Å². The van der Waals surface area contributed by atoms with Crippen molar-refractivity contribution in [1.82, 2.24) is 20.5 Å². The molecule has 0 aliphatic carbocycles. The van der Waals surface area contributed by atoms with Crippen LogP contribution in [0.25, 0.3) is 10.2 Å². The molecule has 40 heavy (non-hydrogen) atoms. The Hall–Kier alpha value is -3.07. The van der Waals surface area contributed by atoms with Crippen LogP contribution in [0.1, 0.15) is 43.7 Å². The Morgan fingerprint density at radius 2 is 1.80 bits per heavy atom. The summed E-state index contributed by atoms with van der Waals surface area (Å²) in [6.45, 7) is 10.4. The number of benzene rings is 2. The number of hydrogen-bond donors (Lipinski definition) is 2. The number of fused-ring (bicyclic) bond motifs is 1. The number of thiazole rings is 1. The van der Waals surface area contributed by atoms with Crippen LogP contribution in [-0.2, 0) is 27.2 Å². The van der Waals surface area contributed by atoms with E-state index in [9.17, 15) is 14.4 Å². The molecule has 7 nitrogen and oxygen atoms in total. The minimum atomic E-state index is -0.609. The van der Waals surface area contributed by atoms with Crippen molar-refractivity contribution in [2.45, 2.75) is 52.0 Å². The second-order valence-electron chi connectivity index (χ2n) is 9.92. The standard InChI is InChI=1S/C31H39ClN4O3S/c1-5-36(6-2)20-21(3)27(37)15-13-25(16-22-10-8-7-9-11-22)34-31(39)23(17-29(38)33-4)18-30-35-26-14-12-24(32)19-28(26)40-30/h7-12,14,19,23,25H,3,5-6,13,15-18,20H2,1-2,4H3,(H,33,38)(H,34,39)/t23-,25+/m0/s1. The molecule has 2 N–H and O–H groups in total. The maximum absolute atomic E-state index is 13.6. The van der Waals surface area contributed by atoms with E-state index in [2.05, 4.69) is 40.9 Å². The van der Waals surface area contributed by atoms with Crippen LogP contribution < -0.4 is 10.6 Å². The zero-order chi connectivity index (χ0) is 29.1. The number of likely N-dealkylation sites (N-methyl/N-ethyl adjacent to an activating group) is 1. The highest BCUT2D eigenvalue weighted by Crippen LogP contribution is 2.27. The second-order valence-corrected chi connectivity index (χ2v) is 11.5. The van der Waals surface area contributed by atoms with E-state index in [1.165, 1.54) is 11.3 Å². The maximum atomic E-state index is 13.6. The first-order chi connectivity index (χ1) is 19.2. The number of rotatable bonds is 16. The fraction of sp³-hybridized carbons (Fsp3) is 0.419. The van der Waals surface area contributed by atoms with Crippen LogP contribution in [0.3, 0.4) is 0 Å². The Balaban J connectivity index is 1.74. The Bertz CT molecular complexity index is 1310. The van der Waals surface area contributed by atoms with Crippen molar-refractivity contribution in [3.8, 4) is 0 Å². The molecule has 0 spiro atoms. The van der Waals surface area contributed by atoms with Gasteiger partial charge in [0.1, 0.15) is 0 Å². The van der Waals surface area contributed by atoms with Crippen molar-refractivity contribution in [2.24, 2.45) is 5.92 Å². The summed E-state index contributed by atoms with van der Waals surface area (Å²) in [7, 11) is 1.56. The number of Topliss-reactive ketones (excluding diaryl/α,β-unsaturated/α-hetero) is 1. The molecule has 0 fully saturated rings. The Labute approximate surface area is 246 Å². The van der Waals surface area contributed by atoms with Crippen LogP contribution in [0.15, 0.2) is 60.7 Å². The van der Waals surface area contributed by atoms with Crippen LogP contribution in [0, 0.1) is 5.92 Å². The molecule has 3 rings (SSSR count). The maximum Gasteiger partial charge on any atom is 0.224 e. The van der Waals surface area contributed by atoms with Gasteiger partial charge in [-0.1, -0.05) is 62.4 Å². The SMILES string of the molecule is C=C(CN(CC)CC)C(=O)CC[C@H](Cc1ccccc1)NC(=O)[C@@H](CC(=O)NC)Cc1nc2ccc(Cl)cc2s1. The minimum absolute atomic E-state index is 0.00857. The van der Waals surface area contributed by atoms with Gasteiger partial charge in [0.2, 0.25) is 11.8 Å². The first-order valence-corrected chi connectivity index (χ1v) is 14.9. The van der Waals surface area contributed by atoms with Crippen molar-refractivity contribution < 1.29 is 14.4 Å². The quantitative estimate of drug-likeness (QED) is 0.226. The number of nitrogens with zero attached hydrogens (tertiary/aromatic N) is 2. The number of hydrogen-bond acceptors (Lipinski definition) is 6. The zero-order valence-corrected chi connectivity index (χ0v) is 25.1. The summed E-state index contributed by atoms with van der Waals surface area (Å²) in [6, 6.07) is 15.1. The predicted molar refractivity (Wildman–Crippen MR) is 164 cm³/mol. The highest BCUT2D eigenvalue weighted by atomic mass is 35.5. The molecule has 0 aliphatic heterocycles. The molecule has 2 amide bonds. The number of ketones is 1. The molecular formula is C31H39ClN4O3S. The van der Waals surface area contributed by atoms with Crippen LogP contribution in [0.2, 0.25) is 5.02 Å². The molecule has 3 aromatic rings. The Morgan fingerprint density at radius 3 is 2.48 bits per heavy atom. The van der Waals surface area contributed by atoms with E-state index in [1.807, 2.05) is 42.5 Å². The summed E-state index contributed by atoms with van der Waals surface area (Å²) in [5.74, 6) is -1.04. The van der Waals surface area contributed by atoms with Gasteiger partial charge in [0.05, 0.1) is 21.1 Å². The monoisotopic (exact) mass is 582 g/mol. The average Bonchev–Trinajstić information content (AvgIpc) is 3.35. The zero-order valence-electron chi connectivity index (χ0n) is 23.5. The summed E-state index contributed by atoms with van der Waals surface area (Å²) in [4.78, 5) is 45.7. The van der Waals surface area contributed by atoms with Gasteiger partial charge in [-0.15, -0.1) is 11.3 Å². The lowest BCUT2D eigenvalue weighted by molar-refractivity contribution is -0.130. The molecule has 0 saturated heterocycles. The third-order valence-electron chi connectivity index (χ3n) is 6.99. The van der Waals surface area contributed by atoms with E-state index in [-0.39, 0.29) is 36.5 Å². The summed E-state index contributed by atoms with van der Waals surface area (Å²) >= 11 is 7.61. The first kappa shape index (κ1) is 31.5. The summed E-state index contributed by atoms with van der Waals surface area (Å²) < 4.78 is 0.937. The van der Waals surface area contributed by atoms with Gasteiger partial charge in [-0.2, -0.15) is 0 Å². The van der Waals surface area contributed by atoms with Gasteiger partial charge in [-0.3, -0.25) is 19.3 Å². The van der Waals surface area contributed by atoms with Gasteiger partial charge in [0.15, 0.2) is 5.78 Å². The lowest BCUT2D eigenvalue weighted by Crippen LogP contribution is -2.42. The predicted octanol–water partition coefficient (Wildman–Crippen LogP) is 5.22. The fourth-order valence-corrected chi connectivity index (χ4v) is 5.88.